The molecule has 546 valence electrons. The van der Waals surface area contributed by atoms with Crippen molar-refractivity contribution < 1.29 is 80.2 Å². The number of ether oxygens (including phenoxy) is 4. The first-order chi connectivity index (χ1) is 44.1. The fourth-order valence-corrected chi connectivity index (χ4v) is 12.6. The lowest BCUT2D eigenvalue weighted by Gasteiger charge is -2.21. The first kappa shape index (κ1) is 90.1. The molecule has 0 amide bonds. The maximum atomic E-state index is 13.0. The molecule has 0 aliphatic carbocycles. The highest BCUT2D eigenvalue weighted by atomic mass is 31.2. The zero-order valence-electron chi connectivity index (χ0n) is 60.2. The first-order valence-corrected chi connectivity index (χ1v) is 40.7. The molecule has 0 saturated carbocycles. The minimum absolute atomic E-state index is 0.101. The highest BCUT2D eigenvalue weighted by Crippen LogP contribution is 2.45. The van der Waals surface area contributed by atoms with Gasteiger partial charge in [0.25, 0.3) is 0 Å². The smallest absolute Gasteiger partial charge is 0.462 e. The predicted molar refractivity (Wildman–Crippen MR) is 372 cm³/mol. The highest BCUT2D eigenvalue weighted by Gasteiger charge is 2.30. The minimum Gasteiger partial charge on any atom is -0.462 e. The SMILES string of the molecule is CCC(C)CCCCCCCCC(=O)OC[C@H](COP(=O)(O)OC[C@H](O)COP(=O)(O)OC[C@@H](COC(=O)CCCCCCCCCCCCCCCCCCCCC(C)C)OC(=O)CCCCCCCCCCCC(C)C)OC(=O)CCCCCCCCC(C)C. The summed E-state index contributed by atoms with van der Waals surface area (Å²) in [4.78, 5) is 72.5. The monoisotopic (exact) mass is 1350 g/mol. The summed E-state index contributed by atoms with van der Waals surface area (Å²) >= 11 is 0. The Balaban J connectivity index is 5.15. The highest BCUT2D eigenvalue weighted by molar-refractivity contribution is 7.47. The molecule has 92 heavy (non-hydrogen) atoms. The van der Waals surface area contributed by atoms with Gasteiger partial charge in [-0.1, -0.05) is 312 Å². The Morgan fingerprint density at radius 1 is 0.304 bits per heavy atom. The van der Waals surface area contributed by atoms with Crippen LogP contribution in [0.25, 0.3) is 0 Å². The van der Waals surface area contributed by atoms with Crippen LogP contribution in [-0.4, -0.2) is 96.7 Å². The molecule has 19 heteroatoms. The van der Waals surface area contributed by atoms with Gasteiger partial charge in [0.1, 0.15) is 19.3 Å². The van der Waals surface area contributed by atoms with E-state index in [1.165, 1.54) is 161 Å². The summed E-state index contributed by atoms with van der Waals surface area (Å²) in [6, 6.07) is 0. The van der Waals surface area contributed by atoms with E-state index in [1.54, 1.807) is 0 Å². The minimum atomic E-state index is -4.95. The van der Waals surface area contributed by atoms with E-state index in [1.807, 2.05) is 0 Å². The number of aliphatic hydroxyl groups excluding tert-OH is 1. The van der Waals surface area contributed by atoms with E-state index in [4.69, 9.17) is 37.0 Å². The lowest BCUT2D eigenvalue weighted by molar-refractivity contribution is -0.161. The molecule has 17 nitrogen and oxygen atoms in total. The van der Waals surface area contributed by atoms with Crippen molar-refractivity contribution >= 4 is 39.5 Å². The fourth-order valence-electron chi connectivity index (χ4n) is 11.0. The summed E-state index contributed by atoms with van der Waals surface area (Å²) in [6.07, 6.45) is 46.2. The quantitative estimate of drug-likeness (QED) is 0.0222. The second-order valence-electron chi connectivity index (χ2n) is 28.0. The van der Waals surface area contributed by atoms with Crippen LogP contribution in [0.15, 0.2) is 0 Å². The number of aliphatic hydroxyl groups is 1. The van der Waals surface area contributed by atoms with Gasteiger partial charge in [0.15, 0.2) is 12.2 Å². The van der Waals surface area contributed by atoms with Gasteiger partial charge in [-0.3, -0.25) is 37.3 Å². The molecule has 3 N–H and O–H groups in total. The molecule has 6 atom stereocenters. The Morgan fingerprint density at radius 2 is 0.522 bits per heavy atom. The van der Waals surface area contributed by atoms with Crippen LogP contribution in [0.5, 0.6) is 0 Å². The number of unbranched alkanes of at least 4 members (excludes halogenated alkanes) is 35. The van der Waals surface area contributed by atoms with Crippen molar-refractivity contribution in [2.45, 2.75) is 382 Å². The summed E-state index contributed by atoms with van der Waals surface area (Å²) in [6.45, 7) is 14.0. The summed E-state index contributed by atoms with van der Waals surface area (Å²) in [5, 5.41) is 10.6. The largest absolute Gasteiger partial charge is 0.472 e. The van der Waals surface area contributed by atoms with Gasteiger partial charge >= 0.3 is 39.5 Å². The maximum Gasteiger partial charge on any atom is 0.472 e. The predicted octanol–water partition coefficient (Wildman–Crippen LogP) is 20.9. The summed E-state index contributed by atoms with van der Waals surface area (Å²) < 4.78 is 68.3. The third-order valence-electron chi connectivity index (χ3n) is 17.2. The van der Waals surface area contributed by atoms with Gasteiger partial charge < -0.3 is 33.8 Å². The molecule has 0 radical (unpaired) electrons. The second kappa shape index (κ2) is 62.6. The van der Waals surface area contributed by atoms with E-state index in [0.29, 0.717) is 31.6 Å². The lowest BCUT2D eigenvalue weighted by Crippen LogP contribution is -2.30. The number of esters is 4. The van der Waals surface area contributed by atoms with E-state index in [2.05, 4.69) is 55.4 Å². The van der Waals surface area contributed by atoms with Crippen molar-refractivity contribution in [1.29, 1.82) is 0 Å². The average Bonchev–Trinajstić information content (AvgIpc) is 1.52. The topological polar surface area (TPSA) is 237 Å². The Labute approximate surface area is 562 Å². The molecule has 0 bridgehead atoms. The Hall–Kier alpha value is -1.94. The zero-order valence-corrected chi connectivity index (χ0v) is 62.0. The van der Waals surface area contributed by atoms with Crippen molar-refractivity contribution in [3.05, 3.63) is 0 Å². The number of phosphoric ester groups is 2. The third-order valence-corrected chi connectivity index (χ3v) is 19.1. The van der Waals surface area contributed by atoms with Gasteiger partial charge in [-0.25, -0.2) is 9.13 Å². The van der Waals surface area contributed by atoms with Crippen LogP contribution in [0, 0.1) is 23.7 Å². The lowest BCUT2D eigenvalue weighted by atomic mass is 10.00. The number of hydrogen-bond donors (Lipinski definition) is 3. The molecule has 0 aliphatic rings. The van der Waals surface area contributed by atoms with Crippen molar-refractivity contribution in [1.82, 2.24) is 0 Å². The van der Waals surface area contributed by atoms with Crippen molar-refractivity contribution in [2.24, 2.45) is 23.7 Å². The van der Waals surface area contributed by atoms with Crippen molar-refractivity contribution in [3.63, 3.8) is 0 Å². The van der Waals surface area contributed by atoms with Gasteiger partial charge in [0, 0.05) is 25.7 Å². The van der Waals surface area contributed by atoms with Gasteiger partial charge in [0.2, 0.25) is 0 Å². The van der Waals surface area contributed by atoms with Gasteiger partial charge in [-0.15, -0.1) is 0 Å². The molecule has 0 aliphatic heterocycles. The molecule has 0 rings (SSSR count). The van der Waals surface area contributed by atoms with Crippen molar-refractivity contribution in [2.75, 3.05) is 39.6 Å². The van der Waals surface area contributed by atoms with Crippen LogP contribution >= 0.6 is 15.6 Å². The molecule has 0 aromatic carbocycles. The van der Waals surface area contributed by atoms with E-state index >= 15 is 0 Å². The molecular weight excluding hydrogens is 1210 g/mol. The van der Waals surface area contributed by atoms with Crippen LogP contribution in [0.1, 0.15) is 364 Å². The second-order valence-corrected chi connectivity index (χ2v) is 30.9. The Morgan fingerprint density at radius 3 is 0.772 bits per heavy atom. The summed E-state index contributed by atoms with van der Waals surface area (Å²) in [5.74, 6) is 0.827. The first-order valence-electron chi connectivity index (χ1n) is 37.7. The number of phosphoric acid groups is 2. The normalized spacial score (nSPS) is 14.5. The van der Waals surface area contributed by atoms with E-state index in [9.17, 15) is 43.2 Å². The van der Waals surface area contributed by atoms with Gasteiger partial charge in [0.05, 0.1) is 26.4 Å². The number of hydrogen-bond acceptors (Lipinski definition) is 15. The fraction of sp³-hybridized carbons (Fsp3) is 0.945. The summed E-state index contributed by atoms with van der Waals surface area (Å²) in [5.41, 5.74) is 0. The Kier molecular flexibility index (Phi) is 61.3. The molecule has 0 aromatic rings. The average molecular weight is 1350 g/mol. The standard InChI is InChI=1S/C73H142O17P2/c1-9-66(8)52-44-36-30-32-38-46-54-71(76)84-60-69(90-73(78)56-48-40-31-29-35-43-51-65(6)7)62-88-92(81,82)86-58-67(74)57-85-91(79,80)87-61-68(89-72(77)55-47-39-28-24-20-22-26-34-42-50-64(4)5)59-83-70(75)53-45-37-27-23-19-17-15-13-11-10-12-14-16-18-21-25-33-41-49-63(2)3/h63-69,74H,9-62H2,1-8H3,(H,79,80)(H,81,82)/t66?,67-,68-,69-/m1/s1. The van der Waals surface area contributed by atoms with Crippen LogP contribution in [0.4, 0.5) is 0 Å². The molecule has 3 unspecified atom stereocenters. The molecular formula is C73H142O17P2. The van der Waals surface area contributed by atoms with Crippen molar-refractivity contribution in [3.8, 4) is 0 Å². The van der Waals surface area contributed by atoms with Crippen LogP contribution in [0.3, 0.4) is 0 Å². The van der Waals surface area contributed by atoms with Crippen LogP contribution in [-0.2, 0) is 65.4 Å². The molecule has 0 saturated heterocycles. The maximum absolute atomic E-state index is 13.0. The van der Waals surface area contributed by atoms with E-state index in [0.717, 1.165) is 114 Å². The summed E-state index contributed by atoms with van der Waals surface area (Å²) in [7, 11) is -9.90. The van der Waals surface area contributed by atoms with E-state index in [-0.39, 0.29) is 25.7 Å². The van der Waals surface area contributed by atoms with Crippen LogP contribution in [0.2, 0.25) is 0 Å². The van der Waals surface area contributed by atoms with Gasteiger partial charge in [-0.05, 0) is 49.4 Å². The Bertz CT molecular complexity index is 1820. The number of carbonyl (C=O) groups is 4. The molecule has 0 fully saturated rings. The molecule has 0 heterocycles. The van der Waals surface area contributed by atoms with Crippen LogP contribution < -0.4 is 0 Å². The van der Waals surface area contributed by atoms with E-state index < -0.39 is 97.5 Å². The zero-order chi connectivity index (χ0) is 68.2. The molecule has 0 aromatic heterocycles. The number of rotatable bonds is 70. The third kappa shape index (κ3) is 65.4. The van der Waals surface area contributed by atoms with Gasteiger partial charge in [-0.2, -0.15) is 0 Å². The number of carbonyl (C=O) groups excluding carboxylic acids is 4. The molecule has 0 spiro atoms.